The number of hydrogen-bond donors (Lipinski definition) is 3. The van der Waals surface area contributed by atoms with Gasteiger partial charge in [-0.25, -0.2) is 4.98 Å². The largest absolute Gasteiger partial charge is 0.395 e. The Labute approximate surface area is 135 Å². The van der Waals surface area contributed by atoms with E-state index in [0.29, 0.717) is 5.82 Å². The van der Waals surface area contributed by atoms with Crippen LogP contribution in [0.25, 0.3) is 0 Å². The van der Waals surface area contributed by atoms with E-state index in [2.05, 4.69) is 15.6 Å². The fourth-order valence-corrected chi connectivity index (χ4v) is 3.15. The van der Waals surface area contributed by atoms with Gasteiger partial charge in [-0.2, -0.15) is 0 Å². The van der Waals surface area contributed by atoms with Gasteiger partial charge in [0.25, 0.3) is 0 Å². The Balaban J connectivity index is 1.48. The summed E-state index contributed by atoms with van der Waals surface area (Å²) in [6.07, 6.45) is 3.22. The molecule has 1 aromatic heterocycles. The number of rotatable bonds is 6. The Hall–Kier alpha value is -2.40. The van der Waals surface area contributed by atoms with Crippen molar-refractivity contribution in [1.29, 1.82) is 0 Å². The molecule has 120 valence electrons. The lowest BCUT2D eigenvalue weighted by molar-refractivity contribution is -0.121. The number of hydrogen-bond acceptors (Lipinski definition) is 4. The highest BCUT2D eigenvalue weighted by Crippen LogP contribution is 2.43. The van der Waals surface area contributed by atoms with Crippen molar-refractivity contribution in [1.82, 2.24) is 10.3 Å². The van der Waals surface area contributed by atoms with E-state index < -0.39 is 0 Å². The molecule has 0 saturated heterocycles. The number of carbonyl (C=O) groups is 1. The van der Waals surface area contributed by atoms with Gasteiger partial charge in [0.2, 0.25) is 5.91 Å². The first-order valence-electron chi connectivity index (χ1n) is 7.82. The second-order valence-corrected chi connectivity index (χ2v) is 6.05. The first-order chi connectivity index (χ1) is 11.2. The molecular weight excluding hydrogens is 290 g/mol. The van der Waals surface area contributed by atoms with Crippen molar-refractivity contribution >= 4 is 11.7 Å². The molecule has 5 nitrogen and oxygen atoms in total. The van der Waals surface area contributed by atoms with Crippen molar-refractivity contribution in [2.45, 2.75) is 24.3 Å². The molecule has 2 aromatic rings. The number of pyridine rings is 1. The third-order valence-electron chi connectivity index (χ3n) is 4.42. The van der Waals surface area contributed by atoms with Crippen LogP contribution in [0.5, 0.6) is 0 Å². The summed E-state index contributed by atoms with van der Waals surface area (Å²) in [6, 6.07) is 15.6. The van der Waals surface area contributed by atoms with Gasteiger partial charge in [0.05, 0.1) is 13.2 Å². The molecular formula is C18H21N3O2. The summed E-state index contributed by atoms with van der Waals surface area (Å²) in [6.45, 7) is 0.306. The molecule has 0 bridgehead atoms. The Morgan fingerprint density at radius 1 is 1.17 bits per heavy atom. The van der Waals surface area contributed by atoms with E-state index in [4.69, 9.17) is 0 Å². The van der Waals surface area contributed by atoms with E-state index >= 15 is 0 Å². The topological polar surface area (TPSA) is 74.2 Å². The first kappa shape index (κ1) is 15.5. The number of aliphatic hydroxyl groups excluding tert-OH is 1. The summed E-state index contributed by atoms with van der Waals surface area (Å²) < 4.78 is 0. The van der Waals surface area contributed by atoms with Crippen molar-refractivity contribution < 1.29 is 9.90 Å². The Morgan fingerprint density at radius 3 is 2.57 bits per heavy atom. The SMILES string of the molecule is O=C(CNc1ccccn1)NC1CC(CO)(c2ccccc2)C1. The Bertz CT molecular complexity index is 640. The number of nitrogens with one attached hydrogen (secondary N) is 2. The minimum absolute atomic E-state index is 0.0553. The highest BCUT2D eigenvalue weighted by atomic mass is 16.3. The molecule has 1 aliphatic rings. The minimum atomic E-state index is -0.215. The molecule has 1 aliphatic carbocycles. The van der Waals surface area contributed by atoms with Gasteiger partial charge >= 0.3 is 0 Å². The van der Waals surface area contributed by atoms with Crippen molar-refractivity contribution in [2.75, 3.05) is 18.5 Å². The fraction of sp³-hybridized carbons (Fsp3) is 0.333. The first-order valence-corrected chi connectivity index (χ1v) is 7.82. The fourth-order valence-electron chi connectivity index (χ4n) is 3.15. The van der Waals surface area contributed by atoms with Crippen molar-refractivity contribution in [3.05, 3.63) is 60.3 Å². The number of benzene rings is 1. The summed E-state index contributed by atoms with van der Waals surface area (Å²) in [5.41, 5.74) is 0.924. The van der Waals surface area contributed by atoms with Crippen LogP contribution < -0.4 is 10.6 Å². The third kappa shape index (κ3) is 3.51. The van der Waals surface area contributed by atoms with Crippen LogP contribution in [-0.4, -0.2) is 35.2 Å². The second-order valence-electron chi connectivity index (χ2n) is 6.05. The van der Waals surface area contributed by atoms with Crippen molar-refractivity contribution in [3.8, 4) is 0 Å². The highest BCUT2D eigenvalue weighted by molar-refractivity contribution is 5.80. The van der Waals surface area contributed by atoms with Gasteiger partial charge in [0, 0.05) is 17.7 Å². The number of aromatic nitrogens is 1. The van der Waals surface area contributed by atoms with Gasteiger partial charge in [-0.3, -0.25) is 4.79 Å². The summed E-state index contributed by atoms with van der Waals surface area (Å²) in [5, 5.41) is 15.8. The van der Waals surface area contributed by atoms with Crippen molar-refractivity contribution in [2.24, 2.45) is 0 Å². The van der Waals surface area contributed by atoms with Crippen LogP contribution in [0.4, 0.5) is 5.82 Å². The summed E-state index contributed by atoms with van der Waals surface area (Å²) in [5.74, 6) is 0.630. The standard InChI is InChI=1S/C18H21N3O2/c22-13-18(14-6-2-1-3-7-14)10-15(11-18)21-17(23)12-20-16-8-4-5-9-19-16/h1-9,15,22H,10-13H2,(H,19,20)(H,21,23). The Morgan fingerprint density at radius 2 is 1.91 bits per heavy atom. The van der Waals surface area contributed by atoms with E-state index in [1.807, 2.05) is 48.5 Å². The zero-order valence-corrected chi connectivity index (χ0v) is 12.9. The van der Waals surface area contributed by atoms with Crippen LogP contribution in [0, 0.1) is 0 Å². The lowest BCUT2D eigenvalue weighted by atomic mass is 9.62. The zero-order chi connectivity index (χ0) is 16.1. The van der Waals surface area contributed by atoms with Crippen LogP contribution in [0.1, 0.15) is 18.4 Å². The molecule has 1 amide bonds. The molecule has 1 fully saturated rings. The predicted molar refractivity (Wildman–Crippen MR) is 89.1 cm³/mol. The molecule has 1 aromatic carbocycles. The molecule has 0 aliphatic heterocycles. The van der Waals surface area contributed by atoms with Gasteiger partial charge in [-0.1, -0.05) is 36.4 Å². The van der Waals surface area contributed by atoms with E-state index in [-0.39, 0.29) is 30.5 Å². The number of carbonyl (C=O) groups excluding carboxylic acids is 1. The number of aliphatic hydroxyl groups is 1. The second kappa shape index (κ2) is 6.79. The summed E-state index contributed by atoms with van der Waals surface area (Å²) in [7, 11) is 0. The molecule has 23 heavy (non-hydrogen) atoms. The molecule has 3 rings (SSSR count). The number of amides is 1. The van der Waals surface area contributed by atoms with E-state index in [1.165, 1.54) is 0 Å². The van der Waals surface area contributed by atoms with Crippen LogP contribution >= 0.6 is 0 Å². The van der Waals surface area contributed by atoms with Gasteiger partial charge in [-0.15, -0.1) is 0 Å². The number of nitrogens with zero attached hydrogens (tertiary/aromatic N) is 1. The quantitative estimate of drug-likeness (QED) is 0.759. The maximum atomic E-state index is 12.0. The normalized spacial score (nSPS) is 22.9. The Kier molecular flexibility index (Phi) is 4.57. The van der Waals surface area contributed by atoms with Crippen molar-refractivity contribution in [3.63, 3.8) is 0 Å². The molecule has 1 heterocycles. The van der Waals surface area contributed by atoms with Crippen LogP contribution in [0.3, 0.4) is 0 Å². The maximum Gasteiger partial charge on any atom is 0.239 e. The van der Waals surface area contributed by atoms with E-state index in [9.17, 15) is 9.90 Å². The third-order valence-corrected chi connectivity index (χ3v) is 4.42. The van der Waals surface area contributed by atoms with Crippen LogP contribution in [-0.2, 0) is 10.2 Å². The summed E-state index contributed by atoms with van der Waals surface area (Å²) in [4.78, 5) is 16.1. The predicted octanol–water partition coefficient (Wildman–Crippen LogP) is 1.70. The zero-order valence-electron chi connectivity index (χ0n) is 12.9. The molecule has 0 atom stereocenters. The minimum Gasteiger partial charge on any atom is -0.395 e. The summed E-state index contributed by atoms with van der Waals surface area (Å²) >= 11 is 0. The maximum absolute atomic E-state index is 12.0. The molecule has 0 radical (unpaired) electrons. The van der Waals surface area contributed by atoms with E-state index in [0.717, 1.165) is 18.4 Å². The van der Waals surface area contributed by atoms with Crippen LogP contribution in [0.2, 0.25) is 0 Å². The lowest BCUT2D eigenvalue weighted by Gasteiger charge is -2.47. The van der Waals surface area contributed by atoms with Gasteiger partial charge < -0.3 is 15.7 Å². The van der Waals surface area contributed by atoms with Gasteiger partial charge in [0.15, 0.2) is 0 Å². The van der Waals surface area contributed by atoms with E-state index in [1.54, 1.807) is 6.20 Å². The average molecular weight is 311 g/mol. The van der Waals surface area contributed by atoms with Gasteiger partial charge in [-0.05, 0) is 30.5 Å². The molecule has 5 heteroatoms. The smallest absolute Gasteiger partial charge is 0.239 e. The number of anilines is 1. The molecule has 0 unspecified atom stereocenters. The van der Waals surface area contributed by atoms with Crippen LogP contribution in [0.15, 0.2) is 54.7 Å². The lowest BCUT2D eigenvalue weighted by Crippen LogP contribution is -2.55. The molecule has 1 saturated carbocycles. The molecule has 3 N–H and O–H groups in total. The highest BCUT2D eigenvalue weighted by Gasteiger charge is 2.45. The molecule has 0 spiro atoms. The van der Waals surface area contributed by atoms with Gasteiger partial charge in [0.1, 0.15) is 5.82 Å². The average Bonchev–Trinajstić information content (AvgIpc) is 2.57. The monoisotopic (exact) mass is 311 g/mol.